The van der Waals surface area contributed by atoms with E-state index in [2.05, 4.69) is 48.6 Å². The fourth-order valence-corrected chi connectivity index (χ4v) is 3.76. The van der Waals surface area contributed by atoms with Crippen molar-refractivity contribution >= 4 is 11.6 Å². The molecule has 1 nitrogen and oxygen atoms in total. The minimum absolute atomic E-state index is 0.483. The second kappa shape index (κ2) is 6.64. The molecule has 0 heterocycles. The van der Waals surface area contributed by atoms with Crippen molar-refractivity contribution < 1.29 is 0 Å². The van der Waals surface area contributed by atoms with Crippen molar-refractivity contribution in [3.63, 3.8) is 0 Å². The number of halogens is 1. The van der Waals surface area contributed by atoms with Gasteiger partial charge in [-0.2, -0.15) is 0 Å². The lowest BCUT2D eigenvalue weighted by Gasteiger charge is -2.25. The highest BCUT2D eigenvalue weighted by Crippen LogP contribution is 2.36. The molecule has 1 aliphatic rings. The van der Waals surface area contributed by atoms with E-state index >= 15 is 0 Å². The Morgan fingerprint density at radius 1 is 1.19 bits per heavy atom. The van der Waals surface area contributed by atoms with Crippen molar-refractivity contribution in [1.82, 2.24) is 5.32 Å². The van der Waals surface area contributed by atoms with E-state index in [0.29, 0.717) is 12.0 Å². The van der Waals surface area contributed by atoms with Crippen LogP contribution < -0.4 is 5.32 Å². The highest BCUT2D eigenvalue weighted by atomic mass is 35.5. The highest BCUT2D eigenvalue weighted by Gasteiger charge is 2.29. The topological polar surface area (TPSA) is 12.0 Å². The molecule has 2 atom stereocenters. The van der Waals surface area contributed by atoms with Gasteiger partial charge in [-0.25, -0.2) is 0 Å². The molecule has 0 bridgehead atoms. The van der Waals surface area contributed by atoms with E-state index in [-0.39, 0.29) is 0 Å². The molecule has 21 heavy (non-hydrogen) atoms. The lowest BCUT2D eigenvalue weighted by Crippen LogP contribution is -2.36. The van der Waals surface area contributed by atoms with Crippen LogP contribution in [0.2, 0.25) is 5.02 Å². The summed E-state index contributed by atoms with van der Waals surface area (Å²) in [7, 11) is 0. The van der Waals surface area contributed by atoms with Crippen LogP contribution in [0.5, 0.6) is 0 Å². The molecule has 2 heteroatoms. The number of likely N-dealkylation sites (N-methyl/N-ethyl adjacent to an activating group) is 1. The Morgan fingerprint density at radius 3 is 2.86 bits per heavy atom. The van der Waals surface area contributed by atoms with Gasteiger partial charge >= 0.3 is 0 Å². The zero-order valence-electron chi connectivity index (χ0n) is 12.5. The van der Waals surface area contributed by atoms with Crippen molar-refractivity contribution in [3.05, 3.63) is 70.2 Å². The van der Waals surface area contributed by atoms with Gasteiger partial charge in [0.2, 0.25) is 0 Å². The van der Waals surface area contributed by atoms with Crippen LogP contribution in [0, 0.1) is 0 Å². The molecule has 2 aromatic carbocycles. The summed E-state index contributed by atoms with van der Waals surface area (Å²) in [6.45, 7) is 3.19. The zero-order valence-corrected chi connectivity index (χ0v) is 13.2. The fraction of sp³-hybridized carbons (Fsp3) is 0.368. The Labute approximate surface area is 132 Å². The molecule has 1 aliphatic carbocycles. The highest BCUT2D eigenvalue weighted by molar-refractivity contribution is 6.30. The number of benzene rings is 2. The first kappa shape index (κ1) is 14.6. The van der Waals surface area contributed by atoms with Gasteiger partial charge < -0.3 is 5.32 Å². The largest absolute Gasteiger partial charge is 0.313 e. The van der Waals surface area contributed by atoms with Crippen molar-refractivity contribution in [2.45, 2.75) is 38.1 Å². The number of fused-ring (bicyclic) bond motifs is 1. The molecule has 2 aromatic rings. The third-order valence-electron chi connectivity index (χ3n) is 4.48. The Balaban J connectivity index is 1.82. The van der Waals surface area contributed by atoms with E-state index in [1.807, 2.05) is 12.1 Å². The Bertz CT molecular complexity index is 608. The maximum Gasteiger partial charge on any atom is 0.0408 e. The SMILES string of the molecule is CCNC(Cc1cccc(Cl)c1)C1CCc2ccccc21. The molecule has 0 aliphatic heterocycles. The van der Waals surface area contributed by atoms with Crippen molar-refractivity contribution in [2.75, 3.05) is 6.54 Å². The third-order valence-corrected chi connectivity index (χ3v) is 4.71. The van der Waals surface area contributed by atoms with Crippen LogP contribution in [-0.2, 0) is 12.8 Å². The van der Waals surface area contributed by atoms with Crippen LogP contribution >= 0.6 is 11.6 Å². The van der Waals surface area contributed by atoms with Crippen LogP contribution in [-0.4, -0.2) is 12.6 Å². The average Bonchev–Trinajstić information content (AvgIpc) is 2.91. The van der Waals surface area contributed by atoms with Gasteiger partial charge in [0.15, 0.2) is 0 Å². The molecule has 2 unspecified atom stereocenters. The Morgan fingerprint density at radius 2 is 2.05 bits per heavy atom. The summed E-state index contributed by atoms with van der Waals surface area (Å²) >= 11 is 6.13. The van der Waals surface area contributed by atoms with Gasteiger partial charge in [0.05, 0.1) is 0 Å². The molecule has 0 saturated carbocycles. The molecule has 0 saturated heterocycles. The Hall–Kier alpha value is -1.31. The lowest BCUT2D eigenvalue weighted by atomic mass is 9.89. The molecular weight excluding hydrogens is 278 g/mol. The first-order valence-electron chi connectivity index (χ1n) is 7.83. The molecular formula is C19H22ClN. The predicted octanol–water partition coefficient (Wildman–Crippen LogP) is 4.59. The second-order valence-corrected chi connectivity index (χ2v) is 6.28. The van der Waals surface area contributed by atoms with E-state index in [9.17, 15) is 0 Å². The lowest BCUT2D eigenvalue weighted by molar-refractivity contribution is 0.435. The molecule has 0 amide bonds. The van der Waals surface area contributed by atoms with Crippen molar-refractivity contribution in [3.8, 4) is 0 Å². The maximum atomic E-state index is 6.13. The van der Waals surface area contributed by atoms with E-state index in [1.165, 1.54) is 29.5 Å². The number of aryl methyl sites for hydroxylation is 1. The third kappa shape index (κ3) is 3.30. The maximum absolute atomic E-state index is 6.13. The zero-order chi connectivity index (χ0) is 14.7. The van der Waals surface area contributed by atoms with E-state index in [4.69, 9.17) is 11.6 Å². The normalized spacial score (nSPS) is 18.5. The molecule has 0 spiro atoms. The van der Waals surface area contributed by atoms with Crippen LogP contribution in [0.15, 0.2) is 48.5 Å². The summed E-state index contributed by atoms with van der Waals surface area (Å²) in [5.41, 5.74) is 4.37. The number of hydrogen-bond donors (Lipinski definition) is 1. The minimum Gasteiger partial charge on any atom is -0.313 e. The number of nitrogens with one attached hydrogen (secondary N) is 1. The van der Waals surface area contributed by atoms with Gasteiger partial charge in [0.1, 0.15) is 0 Å². The summed E-state index contributed by atoms with van der Waals surface area (Å²) in [6, 6.07) is 17.6. The van der Waals surface area contributed by atoms with Crippen LogP contribution in [0.3, 0.4) is 0 Å². The van der Waals surface area contributed by atoms with Gasteiger partial charge in [0, 0.05) is 17.0 Å². The van der Waals surface area contributed by atoms with Gasteiger partial charge in [-0.15, -0.1) is 0 Å². The summed E-state index contributed by atoms with van der Waals surface area (Å²) in [5, 5.41) is 4.52. The first-order valence-corrected chi connectivity index (χ1v) is 8.21. The smallest absolute Gasteiger partial charge is 0.0408 e. The summed E-state index contributed by atoms with van der Waals surface area (Å²) < 4.78 is 0. The van der Waals surface area contributed by atoms with Gasteiger partial charge in [-0.05, 0) is 54.6 Å². The van der Waals surface area contributed by atoms with Gasteiger partial charge in [0.25, 0.3) is 0 Å². The molecule has 0 fully saturated rings. The molecule has 110 valence electrons. The van der Waals surface area contributed by atoms with Crippen LogP contribution in [0.1, 0.15) is 36.0 Å². The van der Waals surface area contributed by atoms with E-state index in [1.54, 1.807) is 0 Å². The number of hydrogen-bond acceptors (Lipinski definition) is 1. The summed E-state index contributed by atoms with van der Waals surface area (Å²) in [5.74, 6) is 0.611. The molecule has 1 N–H and O–H groups in total. The van der Waals surface area contributed by atoms with E-state index < -0.39 is 0 Å². The van der Waals surface area contributed by atoms with Gasteiger partial charge in [-0.1, -0.05) is 54.9 Å². The fourth-order valence-electron chi connectivity index (χ4n) is 3.54. The molecule has 0 aromatic heterocycles. The Kier molecular flexibility index (Phi) is 4.62. The summed E-state index contributed by atoms with van der Waals surface area (Å²) in [6.07, 6.45) is 3.49. The van der Waals surface area contributed by atoms with Crippen molar-refractivity contribution in [1.29, 1.82) is 0 Å². The van der Waals surface area contributed by atoms with Crippen LogP contribution in [0.25, 0.3) is 0 Å². The molecule has 0 radical (unpaired) electrons. The quantitative estimate of drug-likeness (QED) is 0.851. The summed E-state index contributed by atoms with van der Waals surface area (Å²) in [4.78, 5) is 0. The first-order chi connectivity index (χ1) is 10.3. The standard InChI is InChI=1S/C19H22ClN/c1-2-21-19(13-14-6-5-8-16(20)12-14)18-11-10-15-7-3-4-9-17(15)18/h3-9,12,18-19,21H,2,10-11,13H2,1H3. The second-order valence-electron chi connectivity index (χ2n) is 5.84. The minimum atomic E-state index is 0.483. The monoisotopic (exact) mass is 299 g/mol. The van der Waals surface area contributed by atoms with Gasteiger partial charge in [-0.3, -0.25) is 0 Å². The van der Waals surface area contributed by atoms with Crippen molar-refractivity contribution in [2.24, 2.45) is 0 Å². The number of rotatable bonds is 5. The average molecular weight is 300 g/mol. The van der Waals surface area contributed by atoms with E-state index in [0.717, 1.165) is 18.0 Å². The molecule has 3 rings (SSSR count). The van der Waals surface area contributed by atoms with Crippen LogP contribution in [0.4, 0.5) is 0 Å². The predicted molar refractivity (Wildman–Crippen MR) is 90.1 cm³/mol.